The van der Waals surface area contributed by atoms with Crippen molar-refractivity contribution in [3.63, 3.8) is 0 Å². The summed E-state index contributed by atoms with van der Waals surface area (Å²) in [6.07, 6.45) is 6.46. The Labute approximate surface area is 217 Å². The summed E-state index contributed by atoms with van der Waals surface area (Å²) in [5.74, 6) is 1.26. The molecular weight excluding hydrogens is 470 g/mol. The molecule has 3 saturated heterocycles. The van der Waals surface area contributed by atoms with Crippen molar-refractivity contribution in [2.45, 2.75) is 32.6 Å². The minimum Gasteiger partial charge on any atom is -0.371 e. The van der Waals surface area contributed by atoms with Crippen LogP contribution in [0, 0.1) is 11.8 Å². The molecule has 0 radical (unpaired) electrons. The zero-order chi connectivity index (χ0) is 24.6. The lowest BCUT2D eigenvalue weighted by Gasteiger charge is -2.37. The molecule has 1 aromatic carbocycles. The molecule has 1 atom stereocenters. The number of carbonyl (C=O) groups is 1. The van der Waals surface area contributed by atoms with Crippen molar-refractivity contribution in [3.8, 4) is 11.3 Å². The fraction of sp³-hybridized carbons (Fsp3) is 0.593. The van der Waals surface area contributed by atoms with Crippen molar-refractivity contribution >= 4 is 33.0 Å². The van der Waals surface area contributed by atoms with Gasteiger partial charge < -0.3 is 19.6 Å². The minimum absolute atomic E-state index is 0.149. The number of imidazole rings is 1. The maximum atomic E-state index is 13.0. The predicted molar refractivity (Wildman–Crippen MR) is 146 cm³/mol. The first kappa shape index (κ1) is 23.7. The average molecular weight is 508 g/mol. The van der Waals surface area contributed by atoms with Gasteiger partial charge in [-0.1, -0.05) is 30.4 Å². The Balaban J connectivity index is 1.07. The Bertz CT molecular complexity index is 1160. The molecule has 3 fully saturated rings. The second kappa shape index (κ2) is 10.0. The lowest BCUT2D eigenvalue weighted by atomic mass is 9.95. The van der Waals surface area contributed by atoms with E-state index in [1.165, 1.54) is 18.5 Å². The van der Waals surface area contributed by atoms with Crippen LogP contribution in [0.4, 0.5) is 10.8 Å². The van der Waals surface area contributed by atoms with Crippen molar-refractivity contribution < 1.29 is 4.79 Å². The highest BCUT2D eigenvalue weighted by Gasteiger charge is 2.31. The lowest BCUT2D eigenvalue weighted by Crippen LogP contribution is -2.50. The third kappa shape index (κ3) is 4.83. The minimum atomic E-state index is 0.149. The van der Waals surface area contributed by atoms with Gasteiger partial charge in [0.2, 0.25) is 16.0 Å². The van der Waals surface area contributed by atoms with E-state index in [-0.39, 0.29) is 5.92 Å². The van der Waals surface area contributed by atoms with Crippen molar-refractivity contribution in [1.82, 2.24) is 24.4 Å². The number of likely N-dealkylation sites (N-methyl/N-ethyl adjacent to an activating group) is 1. The van der Waals surface area contributed by atoms with Crippen molar-refractivity contribution in [1.29, 1.82) is 0 Å². The van der Waals surface area contributed by atoms with E-state index < -0.39 is 0 Å². The van der Waals surface area contributed by atoms with Gasteiger partial charge >= 0.3 is 0 Å². The molecule has 0 bridgehead atoms. The normalized spacial score (nSPS) is 22.5. The number of hydrogen-bond donors (Lipinski definition) is 0. The fourth-order valence-corrected chi connectivity index (χ4v) is 6.76. The van der Waals surface area contributed by atoms with E-state index in [2.05, 4.69) is 57.8 Å². The SMILES string of the molecule is CC1CCCN(c2ccc(-c3cn4nc(N5CCC(C(=O)N6CCN(C)CC6)CC5)sc4n3)cc2)C1. The molecule has 3 aliphatic heterocycles. The molecule has 2 aromatic heterocycles. The van der Waals surface area contributed by atoms with Crippen LogP contribution in [0.1, 0.15) is 32.6 Å². The number of aromatic nitrogens is 3. The second-order valence-electron chi connectivity index (χ2n) is 10.9. The number of nitrogens with zero attached hydrogens (tertiary/aromatic N) is 7. The highest BCUT2D eigenvalue weighted by Crippen LogP contribution is 2.31. The molecule has 0 spiro atoms. The van der Waals surface area contributed by atoms with Gasteiger partial charge in [0.25, 0.3) is 0 Å². The number of piperidine rings is 2. The second-order valence-corrected chi connectivity index (χ2v) is 11.8. The van der Waals surface area contributed by atoms with E-state index >= 15 is 0 Å². The van der Waals surface area contributed by atoms with Crippen molar-refractivity contribution in [3.05, 3.63) is 30.5 Å². The van der Waals surface area contributed by atoms with Crippen LogP contribution in [0.25, 0.3) is 16.2 Å². The molecule has 6 rings (SSSR count). The lowest BCUT2D eigenvalue weighted by molar-refractivity contribution is -0.137. The molecule has 1 amide bonds. The molecule has 3 aliphatic rings. The first-order valence-corrected chi connectivity index (χ1v) is 14.3. The zero-order valence-electron chi connectivity index (χ0n) is 21.5. The van der Waals surface area contributed by atoms with Crippen LogP contribution < -0.4 is 9.80 Å². The van der Waals surface area contributed by atoms with E-state index in [1.807, 2.05) is 10.7 Å². The van der Waals surface area contributed by atoms with Crippen LogP contribution in [0.2, 0.25) is 0 Å². The quantitative estimate of drug-likeness (QED) is 0.537. The van der Waals surface area contributed by atoms with Crippen LogP contribution >= 0.6 is 11.3 Å². The fourth-order valence-electron chi connectivity index (χ4n) is 5.83. The number of amides is 1. The summed E-state index contributed by atoms with van der Waals surface area (Å²) in [4.78, 5) is 27.9. The molecule has 3 aromatic rings. The predicted octanol–water partition coefficient (Wildman–Crippen LogP) is 3.68. The van der Waals surface area contributed by atoms with Crippen LogP contribution in [0.5, 0.6) is 0 Å². The van der Waals surface area contributed by atoms with Crippen LogP contribution in [-0.4, -0.2) is 89.7 Å². The summed E-state index contributed by atoms with van der Waals surface area (Å²) in [6.45, 7) is 10.1. The summed E-state index contributed by atoms with van der Waals surface area (Å²) < 4.78 is 1.91. The number of anilines is 2. The number of piperazine rings is 1. The Hall–Kier alpha value is -2.65. The average Bonchev–Trinajstić information content (AvgIpc) is 3.49. The van der Waals surface area contributed by atoms with Gasteiger partial charge in [0, 0.05) is 69.5 Å². The van der Waals surface area contributed by atoms with Crippen LogP contribution in [-0.2, 0) is 4.79 Å². The highest BCUT2D eigenvalue weighted by atomic mass is 32.1. The number of fused-ring (bicyclic) bond motifs is 1. The maximum absolute atomic E-state index is 13.0. The van der Waals surface area contributed by atoms with Gasteiger partial charge in [0.15, 0.2) is 0 Å². The van der Waals surface area contributed by atoms with Crippen molar-refractivity contribution in [2.75, 3.05) is 69.2 Å². The number of rotatable bonds is 4. The van der Waals surface area contributed by atoms with Crippen LogP contribution in [0.3, 0.4) is 0 Å². The summed E-state index contributed by atoms with van der Waals surface area (Å²) in [7, 11) is 2.13. The van der Waals surface area contributed by atoms with E-state index in [0.29, 0.717) is 5.91 Å². The first-order valence-electron chi connectivity index (χ1n) is 13.5. The Morgan fingerprint density at radius 2 is 1.69 bits per heavy atom. The maximum Gasteiger partial charge on any atom is 0.225 e. The molecule has 0 saturated carbocycles. The standard InChI is InChI=1S/C27H37N7OS/c1-20-4-3-11-33(18-20)23-7-5-21(6-8-23)24-19-34-26(28-24)36-27(29-34)32-12-9-22(10-13-32)25(35)31-16-14-30(2)15-17-31/h5-8,19-20,22H,3-4,9-18H2,1-2H3. The van der Waals surface area contributed by atoms with Gasteiger partial charge in [0.05, 0.1) is 11.9 Å². The largest absolute Gasteiger partial charge is 0.371 e. The van der Waals surface area contributed by atoms with Gasteiger partial charge in [-0.05, 0) is 50.8 Å². The van der Waals surface area contributed by atoms with Gasteiger partial charge in [0.1, 0.15) is 0 Å². The van der Waals surface area contributed by atoms with E-state index in [9.17, 15) is 4.79 Å². The molecule has 192 valence electrons. The van der Waals surface area contributed by atoms with Crippen LogP contribution in [0.15, 0.2) is 30.5 Å². The zero-order valence-corrected chi connectivity index (χ0v) is 22.3. The highest BCUT2D eigenvalue weighted by molar-refractivity contribution is 7.20. The summed E-state index contributed by atoms with van der Waals surface area (Å²) >= 11 is 1.64. The summed E-state index contributed by atoms with van der Waals surface area (Å²) in [5, 5.41) is 5.84. The van der Waals surface area contributed by atoms with E-state index in [1.54, 1.807) is 11.3 Å². The number of hydrogen-bond acceptors (Lipinski definition) is 7. The molecule has 36 heavy (non-hydrogen) atoms. The molecule has 0 N–H and O–H groups in total. The Morgan fingerprint density at radius 1 is 0.944 bits per heavy atom. The molecule has 8 nitrogen and oxygen atoms in total. The topological polar surface area (TPSA) is 60.2 Å². The van der Waals surface area contributed by atoms with E-state index in [0.717, 1.165) is 92.5 Å². The van der Waals surface area contributed by atoms with Gasteiger partial charge in [-0.2, -0.15) is 0 Å². The molecular formula is C27H37N7OS. The molecule has 0 aliphatic carbocycles. The molecule has 5 heterocycles. The van der Waals surface area contributed by atoms with Gasteiger partial charge in [-0.15, -0.1) is 5.10 Å². The van der Waals surface area contributed by atoms with Gasteiger partial charge in [-0.25, -0.2) is 9.50 Å². The van der Waals surface area contributed by atoms with Gasteiger partial charge in [-0.3, -0.25) is 4.79 Å². The Morgan fingerprint density at radius 3 is 2.39 bits per heavy atom. The molecule has 1 unspecified atom stereocenters. The first-order chi connectivity index (χ1) is 17.5. The third-order valence-electron chi connectivity index (χ3n) is 8.15. The summed E-state index contributed by atoms with van der Waals surface area (Å²) in [6, 6.07) is 8.83. The number of carbonyl (C=O) groups excluding carboxylic acids is 1. The monoisotopic (exact) mass is 507 g/mol. The number of benzene rings is 1. The van der Waals surface area contributed by atoms with Crippen molar-refractivity contribution in [2.24, 2.45) is 11.8 Å². The van der Waals surface area contributed by atoms with E-state index in [4.69, 9.17) is 10.1 Å². The Kier molecular flexibility index (Phi) is 6.60. The summed E-state index contributed by atoms with van der Waals surface area (Å²) in [5.41, 5.74) is 3.41. The smallest absolute Gasteiger partial charge is 0.225 e. The third-order valence-corrected chi connectivity index (χ3v) is 9.13. The molecule has 9 heteroatoms.